The van der Waals surface area contributed by atoms with Gasteiger partial charge >= 0.3 is 0 Å². The van der Waals surface area contributed by atoms with Gasteiger partial charge in [-0.3, -0.25) is 14.5 Å². The van der Waals surface area contributed by atoms with E-state index in [0.717, 1.165) is 29.9 Å². The van der Waals surface area contributed by atoms with Crippen LogP contribution in [-0.2, 0) is 16.1 Å². The Kier molecular flexibility index (Phi) is 7.16. The van der Waals surface area contributed by atoms with Gasteiger partial charge in [-0.1, -0.05) is 28.9 Å². The summed E-state index contributed by atoms with van der Waals surface area (Å²) in [5.41, 5.74) is 2.47. The number of aromatic nitrogens is 2. The standard InChI is InChI=1S/C24H24ClN5O3/c1-17(31)26-21-9-2-18(3-10-21)4-11-23(32)30-14-12-29(13-15-30)16-22-27-24(28-33-22)19-5-7-20(25)8-6-19/h2-11H,12-16H2,1H3,(H,26,31)/b11-4+. The van der Waals surface area contributed by atoms with Crippen LogP contribution in [0.2, 0.25) is 5.02 Å². The van der Waals surface area contributed by atoms with E-state index in [0.29, 0.717) is 36.4 Å². The number of amides is 2. The lowest BCUT2D eigenvalue weighted by Gasteiger charge is -2.33. The molecule has 0 atom stereocenters. The van der Waals surface area contributed by atoms with Gasteiger partial charge in [0.05, 0.1) is 6.54 Å². The zero-order valence-electron chi connectivity index (χ0n) is 18.2. The fraction of sp³-hybridized carbons (Fsp3) is 0.250. The highest BCUT2D eigenvalue weighted by Crippen LogP contribution is 2.19. The monoisotopic (exact) mass is 465 g/mol. The molecule has 3 aromatic rings. The minimum absolute atomic E-state index is 0.0246. The molecule has 1 fully saturated rings. The number of nitrogens with one attached hydrogen (secondary N) is 1. The van der Waals surface area contributed by atoms with E-state index in [1.54, 1.807) is 36.4 Å². The summed E-state index contributed by atoms with van der Waals surface area (Å²) in [5.74, 6) is 0.935. The van der Waals surface area contributed by atoms with E-state index >= 15 is 0 Å². The van der Waals surface area contributed by atoms with E-state index in [1.165, 1.54) is 6.92 Å². The highest BCUT2D eigenvalue weighted by Gasteiger charge is 2.21. The van der Waals surface area contributed by atoms with Crippen molar-refractivity contribution in [3.63, 3.8) is 0 Å². The number of nitrogens with zero attached hydrogens (tertiary/aromatic N) is 4. The van der Waals surface area contributed by atoms with Gasteiger partial charge in [0.1, 0.15) is 0 Å². The van der Waals surface area contributed by atoms with Crippen molar-refractivity contribution in [3.8, 4) is 11.4 Å². The molecular formula is C24H24ClN5O3. The van der Waals surface area contributed by atoms with Gasteiger partial charge in [0.15, 0.2) is 0 Å². The van der Waals surface area contributed by atoms with Crippen molar-refractivity contribution < 1.29 is 14.1 Å². The Balaban J connectivity index is 1.25. The molecule has 33 heavy (non-hydrogen) atoms. The maximum Gasteiger partial charge on any atom is 0.246 e. The summed E-state index contributed by atoms with van der Waals surface area (Å²) in [6.45, 7) is 4.71. The number of piperazine rings is 1. The first kappa shape index (κ1) is 22.7. The third-order valence-corrected chi connectivity index (χ3v) is 5.51. The molecule has 1 saturated heterocycles. The topological polar surface area (TPSA) is 91.6 Å². The van der Waals surface area contributed by atoms with E-state index in [1.807, 2.05) is 29.2 Å². The molecule has 1 N–H and O–H groups in total. The van der Waals surface area contributed by atoms with E-state index in [9.17, 15) is 9.59 Å². The predicted molar refractivity (Wildman–Crippen MR) is 126 cm³/mol. The zero-order chi connectivity index (χ0) is 23.2. The molecule has 1 aromatic heterocycles. The Labute approximate surface area is 196 Å². The van der Waals surface area contributed by atoms with Crippen LogP contribution in [0.15, 0.2) is 59.1 Å². The van der Waals surface area contributed by atoms with Crippen LogP contribution in [-0.4, -0.2) is 57.9 Å². The molecule has 2 heterocycles. The van der Waals surface area contributed by atoms with Gasteiger partial charge in [-0.05, 0) is 48.0 Å². The second-order valence-electron chi connectivity index (χ2n) is 7.76. The summed E-state index contributed by atoms with van der Waals surface area (Å²) in [6, 6.07) is 14.6. The zero-order valence-corrected chi connectivity index (χ0v) is 19.0. The summed E-state index contributed by atoms with van der Waals surface area (Å²) in [6.07, 6.45) is 3.36. The van der Waals surface area contributed by atoms with Crippen LogP contribution in [0.25, 0.3) is 17.5 Å². The lowest BCUT2D eigenvalue weighted by Crippen LogP contribution is -2.47. The van der Waals surface area contributed by atoms with Crippen molar-refractivity contribution in [2.75, 3.05) is 31.5 Å². The number of hydrogen-bond donors (Lipinski definition) is 1. The van der Waals surface area contributed by atoms with E-state index < -0.39 is 0 Å². The first-order valence-corrected chi connectivity index (χ1v) is 11.0. The molecule has 8 nitrogen and oxygen atoms in total. The van der Waals surface area contributed by atoms with Crippen molar-refractivity contribution in [3.05, 3.63) is 71.1 Å². The maximum atomic E-state index is 12.5. The Hall–Kier alpha value is -3.49. The first-order valence-electron chi connectivity index (χ1n) is 10.6. The molecule has 2 aromatic carbocycles. The summed E-state index contributed by atoms with van der Waals surface area (Å²) in [7, 11) is 0. The molecule has 0 unspecified atom stereocenters. The highest BCUT2D eigenvalue weighted by atomic mass is 35.5. The van der Waals surface area contributed by atoms with Gasteiger partial charge in [-0.2, -0.15) is 4.98 Å². The third kappa shape index (κ3) is 6.27. The minimum atomic E-state index is -0.117. The first-order chi connectivity index (χ1) is 16.0. The van der Waals surface area contributed by atoms with Gasteiger partial charge in [-0.15, -0.1) is 0 Å². The SMILES string of the molecule is CC(=O)Nc1ccc(/C=C/C(=O)N2CCN(Cc3nc(-c4ccc(Cl)cc4)no3)CC2)cc1. The molecule has 1 aliphatic rings. The van der Waals surface area contributed by atoms with Crippen LogP contribution in [0.5, 0.6) is 0 Å². The fourth-order valence-corrected chi connectivity index (χ4v) is 3.63. The maximum absolute atomic E-state index is 12.5. The van der Waals surface area contributed by atoms with Crippen molar-refractivity contribution in [1.82, 2.24) is 19.9 Å². The predicted octanol–water partition coefficient (Wildman–Crippen LogP) is 3.71. The molecule has 170 valence electrons. The Bertz CT molecular complexity index is 1130. The molecule has 1 aliphatic heterocycles. The summed E-state index contributed by atoms with van der Waals surface area (Å²) in [4.78, 5) is 32.1. The van der Waals surface area contributed by atoms with Crippen molar-refractivity contribution in [1.29, 1.82) is 0 Å². The number of benzene rings is 2. The van der Waals surface area contributed by atoms with Crippen LogP contribution in [0.1, 0.15) is 18.4 Å². The van der Waals surface area contributed by atoms with E-state index in [4.69, 9.17) is 16.1 Å². The third-order valence-electron chi connectivity index (χ3n) is 5.26. The molecule has 4 rings (SSSR count). The number of carbonyl (C=O) groups excluding carboxylic acids is 2. The number of halogens is 1. The lowest BCUT2D eigenvalue weighted by atomic mass is 10.2. The second-order valence-corrected chi connectivity index (χ2v) is 8.19. The molecule has 0 radical (unpaired) electrons. The normalized spacial score (nSPS) is 14.5. The van der Waals surface area contributed by atoms with Gasteiger partial charge in [0.25, 0.3) is 0 Å². The average Bonchev–Trinajstić information content (AvgIpc) is 3.27. The number of anilines is 1. The smallest absolute Gasteiger partial charge is 0.246 e. The van der Waals surface area contributed by atoms with Gasteiger partial charge in [0.2, 0.25) is 23.5 Å². The highest BCUT2D eigenvalue weighted by molar-refractivity contribution is 6.30. The second kappa shape index (κ2) is 10.4. The Morgan fingerprint density at radius 1 is 1.06 bits per heavy atom. The van der Waals surface area contributed by atoms with Gasteiger partial charge in [-0.25, -0.2) is 0 Å². The van der Waals surface area contributed by atoms with Gasteiger partial charge < -0.3 is 14.7 Å². The Morgan fingerprint density at radius 2 is 1.76 bits per heavy atom. The van der Waals surface area contributed by atoms with Crippen molar-refractivity contribution in [2.45, 2.75) is 13.5 Å². The van der Waals surface area contributed by atoms with E-state index in [2.05, 4.69) is 20.4 Å². The molecule has 0 saturated carbocycles. The molecule has 0 spiro atoms. The summed E-state index contributed by atoms with van der Waals surface area (Å²) < 4.78 is 5.39. The summed E-state index contributed by atoms with van der Waals surface area (Å²) >= 11 is 5.92. The van der Waals surface area contributed by atoms with Crippen LogP contribution < -0.4 is 5.32 Å². The lowest BCUT2D eigenvalue weighted by molar-refractivity contribution is -0.127. The van der Waals surface area contributed by atoms with Crippen LogP contribution >= 0.6 is 11.6 Å². The van der Waals surface area contributed by atoms with Gasteiger partial charge in [0, 0.05) is 55.5 Å². The van der Waals surface area contributed by atoms with Crippen LogP contribution in [0.4, 0.5) is 5.69 Å². The Morgan fingerprint density at radius 3 is 2.42 bits per heavy atom. The quantitative estimate of drug-likeness (QED) is 0.558. The van der Waals surface area contributed by atoms with Crippen molar-refractivity contribution in [2.24, 2.45) is 0 Å². The molecule has 2 amide bonds. The number of hydrogen-bond acceptors (Lipinski definition) is 6. The number of rotatable bonds is 6. The van der Waals surface area contributed by atoms with E-state index in [-0.39, 0.29) is 11.8 Å². The molecule has 0 aliphatic carbocycles. The molecule has 9 heteroatoms. The van der Waals surface area contributed by atoms with Crippen molar-refractivity contribution >= 4 is 35.2 Å². The molecular weight excluding hydrogens is 442 g/mol. The van der Waals surface area contributed by atoms with Crippen LogP contribution in [0.3, 0.4) is 0 Å². The average molecular weight is 466 g/mol. The largest absolute Gasteiger partial charge is 0.338 e. The minimum Gasteiger partial charge on any atom is -0.338 e. The van der Waals surface area contributed by atoms with Crippen LogP contribution in [0, 0.1) is 0 Å². The molecule has 0 bridgehead atoms. The summed E-state index contributed by atoms with van der Waals surface area (Å²) in [5, 5.41) is 7.42. The number of carbonyl (C=O) groups is 2. The fourth-order valence-electron chi connectivity index (χ4n) is 3.51.